The molecule has 0 spiro atoms. The summed E-state index contributed by atoms with van der Waals surface area (Å²) in [5.74, 6) is 1.72. The fraction of sp³-hybridized carbons (Fsp3) is 0.688. The molecule has 1 aromatic rings. The minimum atomic E-state index is 0.504. The molecule has 18 heavy (non-hydrogen) atoms. The van der Waals surface area contributed by atoms with Crippen molar-refractivity contribution >= 4 is 0 Å². The minimum absolute atomic E-state index is 0.504. The van der Waals surface area contributed by atoms with E-state index in [0.29, 0.717) is 17.8 Å². The van der Waals surface area contributed by atoms with Crippen LogP contribution in [0, 0.1) is 5.92 Å². The van der Waals surface area contributed by atoms with Gasteiger partial charge in [-0.25, -0.2) is 0 Å². The van der Waals surface area contributed by atoms with E-state index < -0.39 is 0 Å². The summed E-state index contributed by atoms with van der Waals surface area (Å²) in [5.41, 5.74) is 3.94. The number of hydrogen-bond donors (Lipinski definition) is 0. The zero-order chi connectivity index (χ0) is 13.1. The highest BCUT2D eigenvalue weighted by atomic mass is 16.5. The Hall–Kier alpha value is -0.890. The summed E-state index contributed by atoms with van der Waals surface area (Å²) in [6.07, 6.45) is 2.22. The average molecular weight is 247 g/mol. The first kappa shape index (κ1) is 13.5. The number of nitrogens with zero attached hydrogens (tertiary/aromatic N) is 1. The lowest BCUT2D eigenvalue weighted by atomic mass is 9.92. The van der Waals surface area contributed by atoms with Gasteiger partial charge in [-0.3, -0.25) is 4.98 Å². The van der Waals surface area contributed by atoms with Gasteiger partial charge in [-0.2, -0.15) is 0 Å². The van der Waals surface area contributed by atoms with Crippen molar-refractivity contribution in [1.82, 2.24) is 4.98 Å². The zero-order valence-corrected chi connectivity index (χ0v) is 12.1. The van der Waals surface area contributed by atoms with Gasteiger partial charge in [0.05, 0.1) is 6.61 Å². The summed E-state index contributed by atoms with van der Waals surface area (Å²) in [4.78, 5) is 4.90. The van der Waals surface area contributed by atoms with E-state index in [-0.39, 0.29) is 0 Å². The molecule has 2 rings (SSSR count). The number of hydrogen-bond acceptors (Lipinski definition) is 2. The smallest absolute Gasteiger partial charge is 0.0536 e. The lowest BCUT2D eigenvalue weighted by Crippen LogP contribution is -2.09. The van der Waals surface area contributed by atoms with Crippen molar-refractivity contribution in [2.24, 2.45) is 5.92 Å². The summed E-state index contributed by atoms with van der Waals surface area (Å²) in [5, 5.41) is 0. The van der Waals surface area contributed by atoms with Gasteiger partial charge < -0.3 is 4.74 Å². The van der Waals surface area contributed by atoms with Crippen LogP contribution in [0.3, 0.4) is 0 Å². The molecule has 1 aromatic heterocycles. The average Bonchev–Trinajstić information content (AvgIpc) is 2.81. The Labute approximate surface area is 111 Å². The fourth-order valence-corrected chi connectivity index (χ4v) is 2.55. The fourth-order valence-electron chi connectivity index (χ4n) is 2.55. The Balaban J connectivity index is 2.31. The third-order valence-corrected chi connectivity index (χ3v) is 3.59. The van der Waals surface area contributed by atoms with Gasteiger partial charge in [-0.15, -0.1) is 0 Å². The van der Waals surface area contributed by atoms with Gasteiger partial charge >= 0.3 is 0 Å². The van der Waals surface area contributed by atoms with Crippen LogP contribution in [0.25, 0.3) is 0 Å². The van der Waals surface area contributed by atoms with Gasteiger partial charge in [0.15, 0.2) is 0 Å². The standard InChI is InChI=1S/C16H25NO/c1-11(2)9-16-14(13-7-8-18-10-13)5-6-15(17-16)12(3)4/h5-6,11-13H,7-10H2,1-4H3/t13-/m0/s1. The van der Waals surface area contributed by atoms with Crippen molar-refractivity contribution < 1.29 is 4.74 Å². The first-order valence-electron chi connectivity index (χ1n) is 7.15. The molecular weight excluding hydrogens is 222 g/mol. The molecule has 0 bridgehead atoms. The molecule has 1 aliphatic rings. The number of rotatable bonds is 4. The highest BCUT2D eigenvalue weighted by molar-refractivity contribution is 5.29. The summed E-state index contributed by atoms with van der Waals surface area (Å²) in [6.45, 7) is 10.7. The quantitative estimate of drug-likeness (QED) is 0.805. The van der Waals surface area contributed by atoms with Crippen LogP contribution < -0.4 is 0 Å². The lowest BCUT2D eigenvalue weighted by Gasteiger charge is -2.17. The normalized spacial score (nSPS) is 20.0. The van der Waals surface area contributed by atoms with Crippen LogP contribution in [0.1, 0.15) is 62.9 Å². The first-order chi connectivity index (χ1) is 8.58. The predicted molar refractivity (Wildman–Crippen MR) is 75.0 cm³/mol. The molecule has 2 nitrogen and oxygen atoms in total. The highest BCUT2D eigenvalue weighted by Crippen LogP contribution is 2.29. The summed E-state index contributed by atoms with van der Waals surface area (Å²) in [7, 11) is 0. The van der Waals surface area contributed by atoms with E-state index in [4.69, 9.17) is 9.72 Å². The van der Waals surface area contributed by atoms with E-state index in [2.05, 4.69) is 39.8 Å². The Bertz CT molecular complexity index is 392. The van der Waals surface area contributed by atoms with Gasteiger partial charge in [0.1, 0.15) is 0 Å². The van der Waals surface area contributed by atoms with Crippen molar-refractivity contribution in [2.45, 2.75) is 52.4 Å². The van der Waals surface area contributed by atoms with Gasteiger partial charge in [-0.05, 0) is 36.3 Å². The maximum absolute atomic E-state index is 5.52. The predicted octanol–water partition coefficient (Wildman–Crippen LogP) is 3.91. The SMILES string of the molecule is CC(C)Cc1nc(C(C)C)ccc1[C@H]1CCOC1. The molecule has 2 heteroatoms. The Morgan fingerprint density at radius 3 is 2.61 bits per heavy atom. The van der Waals surface area contributed by atoms with Crippen LogP contribution >= 0.6 is 0 Å². The molecule has 1 aliphatic heterocycles. The molecule has 0 aliphatic carbocycles. The lowest BCUT2D eigenvalue weighted by molar-refractivity contribution is 0.193. The monoisotopic (exact) mass is 247 g/mol. The van der Waals surface area contributed by atoms with Gasteiger partial charge in [0, 0.05) is 23.9 Å². The Kier molecular flexibility index (Phi) is 4.39. The van der Waals surface area contributed by atoms with Crippen LogP contribution in [0.2, 0.25) is 0 Å². The van der Waals surface area contributed by atoms with Crippen LogP contribution in [-0.4, -0.2) is 18.2 Å². The summed E-state index contributed by atoms with van der Waals surface area (Å²) >= 11 is 0. The molecule has 0 aromatic carbocycles. The topological polar surface area (TPSA) is 22.1 Å². The minimum Gasteiger partial charge on any atom is -0.381 e. The van der Waals surface area contributed by atoms with E-state index >= 15 is 0 Å². The Morgan fingerprint density at radius 1 is 1.28 bits per heavy atom. The number of pyridine rings is 1. The third-order valence-electron chi connectivity index (χ3n) is 3.59. The molecule has 0 saturated carbocycles. The second kappa shape index (κ2) is 5.83. The molecule has 0 radical (unpaired) electrons. The molecule has 1 fully saturated rings. The highest BCUT2D eigenvalue weighted by Gasteiger charge is 2.22. The van der Waals surface area contributed by atoms with E-state index in [0.717, 1.165) is 26.1 Å². The first-order valence-corrected chi connectivity index (χ1v) is 7.15. The van der Waals surface area contributed by atoms with E-state index in [1.807, 2.05) is 0 Å². The molecule has 0 unspecified atom stereocenters. The van der Waals surface area contributed by atoms with Gasteiger partial charge in [-0.1, -0.05) is 33.8 Å². The van der Waals surface area contributed by atoms with Crippen LogP contribution in [0.4, 0.5) is 0 Å². The Morgan fingerprint density at radius 2 is 2.06 bits per heavy atom. The molecule has 100 valence electrons. The van der Waals surface area contributed by atoms with E-state index in [9.17, 15) is 0 Å². The van der Waals surface area contributed by atoms with Crippen LogP contribution in [0.5, 0.6) is 0 Å². The zero-order valence-electron chi connectivity index (χ0n) is 12.1. The molecule has 1 saturated heterocycles. The van der Waals surface area contributed by atoms with Crippen molar-refractivity contribution in [3.05, 3.63) is 29.1 Å². The van der Waals surface area contributed by atoms with Crippen molar-refractivity contribution in [3.8, 4) is 0 Å². The van der Waals surface area contributed by atoms with Gasteiger partial charge in [0.25, 0.3) is 0 Å². The summed E-state index contributed by atoms with van der Waals surface area (Å²) in [6, 6.07) is 4.49. The van der Waals surface area contributed by atoms with Crippen molar-refractivity contribution in [3.63, 3.8) is 0 Å². The number of aromatic nitrogens is 1. The van der Waals surface area contributed by atoms with Crippen LogP contribution in [-0.2, 0) is 11.2 Å². The maximum Gasteiger partial charge on any atom is 0.0536 e. The largest absolute Gasteiger partial charge is 0.381 e. The van der Waals surface area contributed by atoms with E-state index in [1.165, 1.54) is 17.0 Å². The second-order valence-corrected chi connectivity index (χ2v) is 6.09. The maximum atomic E-state index is 5.52. The molecular formula is C16H25NO. The molecule has 0 amide bonds. The van der Waals surface area contributed by atoms with Crippen molar-refractivity contribution in [1.29, 1.82) is 0 Å². The van der Waals surface area contributed by atoms with Gasteiger partial charge in [0.2, 0.25) is 0 Å². The third kappa shape index (κ3) is 3.11. The van der Waals surface area contributed by atoms with E-state index in [1.54, 1.807) is 0 Å². The molecule has 2 heterocycles. The van der Waals surface area contributed by atoms with Crippen LogP contribution in [0.15, 0.2) is 12.1 Å². The van der Waals surface area contributed by atoms with Crippen molar-refractivity contribution in [2.75, 3.05) is 13.2 Å². The summed E-state index contributed by atoms with van der Waals surface area (Å²) < 4.78 is 5.52. The molecule has 0 N–H and O–H groups in total. The molecule has 1 atom stereocenters. The number of ether oxygens (including phenoxy) is 1. The second-order valence-electron chi connectivity index (χ2n) is 6.09.